The lowest BCUT2D eigenvalue weighted by Crippen LogP contribution is -2.09. The van der Waals surface area contributed by atoms with E-state index in [9.17, 15) is 0 Å². The van der Waals surface area contributed by atoms with Crippen molar-refractivity contribution >= 4 is 23.1 Å². The first kappa shape index (κ1) is 9.85. The van der Waals surface area contributed by atoms with Crippen LogP contribution in [0.4, 0.5) is 11.8 Å². The van der Waals surface area contributed by atoms with Gasteiger partial charge in [0.1, 0.15) is 10.8 Å². The minimum atomic E-state index is 0.0896. The predicted octanol–water partition coefficient (Wildman–Crippen LogP) is 1.69. The lowest BCUT2D eigenvalue weighted by atomic mass is 10.4. The standard InChI is InChI=1S/C9H11N5S/c1-6(8-11-4-5-15-8)13-9-12-3-2-7(10)14-9/h2-6H,1H3,(H3,10,12,13,14). The second-order valence-electron chi connectivity index (χ2n) is 3.04. The molecule has 5 nitrogen and oxygen atoms in total. The van der Waals surface area contributed by atoms with Gasteiger partial charge in [0.25, 0.3) is 0 Å². The fourth-order valence-electron chi connectivity index (χ4n) is 1.15. The van der Waals surface area contributed by atoms with Crippen molar-refractivity contribution in [3.8, 4) is 0 Å². The zero-order chi connectivity index (χ0) is 10.7. The van der Waals surface area contributed by atoms with Crippen molar-refractivity contribution in [1.29, 1.82) is 0 Å². The number of nitrogens with one attached hydrogen (secondary N) is 1. The molecule has 2 aromatic rings. The van der Waals surface area contributed by atoms with E-state index in [4.69, 9.17) is 5.73 Å². The molecule has 0 saturated carbocycles. The summed E-state index contributed by atoms with van der Waals surface area (Å²) in [4.78, 5) is 12.3. The van der Waals surface area contributed by atoms with Crippen molar-refractivity contribution in [3.05, 3.63) is 28.8 Å². The Morgan fingerprint density at radius 1 is 1.40 bits per heavy atom. The van der Waals surface area contributed by atoms with Gasteiger partial charge >= 0.3 is 0 Å². The Hall–Kier alpha value is -1.69. The van der Waals surface area contributed by atoms with Gasteiger partial charge in [-0.2, -0.15) is 4.98 Å². The van der Waals surface area contributed by atoms with Crippen LogP contribution in [0.3, 0.4) is 0 Å². The Morgan fingerprint density at radius 2 is 2.27 bits per heavy atom. The van der Waals surface area contributed by atoms with Gasteiger partial charge in [-0.1, -0.05) is 0 Å². The number of rotatable bonds is 3. The third-order valence-electron chi connectivity index (χ3n) is 1.84. The number of nitrogens with zero attached hydrogens (tertiary/aromatic N) is 3. The number of nitrogens with two attached hydrogens (primary N) is 1. The average molecular weight is 221 g/mol. The van der Waals surface area contributed by atoms with Gasteiger partial charge < -0.3 is 11.1 Å². The maximum atomic E-state index is 5.55. The highest BCUT2D eigenvalue weighted by molar-refractivity contribution is 7.09. The van der Waals surface area contributed by atoms with Crippen molar-refractivity contribution in [2.75, 3.05) is 11.1 Å². The van der Waals surface area contributed by atoms with E-state index in [-0.39, 0.29) is 6.04 Å². The Bertz CT molecular complexity index is 428. The third kappa shape index (κ3) is 2.41. The van der Waals surface area contributed by atoms with Crippen molar-refractivity contribution in [2.24, 2.45) is 0 Å². The van der Waals surface area contributed by atoms with Crippen LogP contribution in [-0.4, -0.2) is 15.0 Å². The summed E-state index contributed by atoms with van der Waals surface area (Å²) < 4.78 is 0. The topological polar surface area (TPSA) is 76.7 Å². The highest BCUT2D eigenvalue weighted by Crippen LogP contribution is 2.18. The van der Waals surface area contributed by atoms with Gasteiger partial charge in [-0.05, 0) is 13.0 Å². The quantitative estimate of drug-likeness (QED) is 0.824. The van der Waals surface area contributed by atoms with Crippen LogP contribution in [0.15, 0.2) is 23.8 Å². The molecule has 0 aromatic carbocycles. The fourth-order valence-corrected chi connectivity index (χ4v) is 1.79. The molecule has 0 radical (unpaired) electrons. The van der Waals surface area contributed by atoms with Crippen LogP contribution in [0.25, 0.3) is 0 Å². The first-order valence-corrected chi connectivity index (χ1v) is 5.38. The molecule has 0 fully saturated rings. The summed E-state index contributed by atoms with van der Waals surface area (Å²) >= 11 is 1.59. The molecule has 0 aliphatic rings. The summed E-state index contributed by atoms with van der Waals surface area (Å²) in [6.45, 7) is 2.01. The van der Waals surface area contributed by atoms with Gasteiger partial charge in [0.2, 0.25) is 5.95 Å². The van der Waals surface area contributed by atoms with E-state index in [0.29, 0.717) is 11.8 Å². The molecule has 0 spiro atoms. The summed E-state index contributed by atoms with van der Waals surface area (Å²) in [5, 5.41) is 6.07. The Kier molecular flexibility index (Phi) is 2.77. The zero-order valence-electron chi connectivity index (χ0n) is 8.21. The molecule has 0 aliphatic carbocycles. The summed E-state index contributed by atoms with van der Waals surface area (Å²) in [6, 6.07) is 1.74. The van der Waals surface area contributed by atoms with Crippen LogP contribution < -0.4 is 11.1 Å². The van der Waals surface area contributed by atoms with E-state index in [2.05, 4.69) is 20.3 Å². The van der Waals surface area contributed by atoms with Crippen LogP contribution in [0.2, 0.25) is 0 Å². The van der Waals surface area contributed by atoms with E-state index in [1.54, 1.807) is 29.8 Å². The second kappa shape index (κ2) is 4.22. The molecule has 0 amide bonds. The van der Waals surface area contributed by atoms with Gasteiger partial charge in [-0.25, -0.2) is 9.97 Å². The molecule has 2 aromatic heterocycles. The van der Waals surface area contributed by atoms with Crippen LogP contribution >= 0.6 is 11.3 Å². The zero-order valence-corrected chi connectivity index (χ0v) is 9.03. The molecular formula is C9H11N5S. The molecule has 15 heavy (non-hydrogen) atoms. The van der Waals surface area contributed by atoms with Crippen LogP contribution in [0, 0.1) is 0 Å². The highest BCUT2D eigenvalue weighted by atomic mass is 32.1. The first-order chi connectivity index (χ1) is 7.25. The highest BCUT2D eigenvalue weighted by Gasteiger charge is 2.08. The molecular weight excluding hydrogens is 210 g/mol. The monoisotopic (exact) mass is 221 g/mol. The third-order valence-corrected chi connectivity index (χ3v) is 2.80. The normalized spacial score (nSPS) is 12.3. The van der Waals surface area contributed by atoms with E-state index in [1.165, 1.54) is 0 Å². The number of hydrogen-bond acceptors (Lipinski definition) is 6. The molecule has 0 saturated heterocycles. The van der Waals surface area contributed by atoms with Gasteiger partial charge in [-0.15, -0.1) is 11.3 Å². The van der Waals surface area contributed by atoms with Crippen molar-refractivity contribution < 1.29 is 0 Å². The minimum Gasteiger partial charge on any atom is -0.384 e. The number of anilines is 2. The summed E-state index contributed by atoms with van der Waals surface area (Å²) in [5.41, 5.74) is 5.55. The molecule has 3 N–H and O–H groups in total. The maximum Gasteiger partial charge on any atom is 0.225 e. The molecule has 0 aliphatic heterocycles. The van der Waals surface area contributed by atoms with Gasteiger partial charge in [0, 0.05) is 17.8 Å². The maximum absolute atomic E-state index is 5.55. The van der Waals surface area contributed by atoms with Crippen LogP contribution in [0.1, 0.15) is 18.0 Å². The van der Waals surface area contributed by atoms with E-state index >= 15 is 0 Å². The molecule has 1 atom stereocenters. The first-order valence-electron chi connectivity index (χ1n) is 4.50. The van der Waals surface area contributed by atoms with E-state index in [0.717, 1.165) is 5.01 Å². The van der Waals surface area contributed by atoms with Gasteiger partial charge in [0.15, 0.2) is 0 Å². The molecule has 1 unspecified atom stereocenters. The summed E-state index contributed by atoms with van der Waals surface area (Å²) in [5.74, 6) is 0.983. The van der Waals surface area contributed by atoms with Crippen molar-refractivity contribution in [3.63, 3.8) is 0 Å². The number of hydrogen-bond donors (Lipinski definition) is 2. The number of thiazole rings is 1. The SMILES string of the molecule is CC(Nc1nccc(N)n1)c1nccs1. The lowest BCUT2D eigenvalue weighted by Gasteiger charge is -2.10. The fraction of sp³-hybridized carbons (Fsp3) is 0.222. The van der Waals surface area contributed by atoms with Crippen LogP contribution in [-0.2, 0) is 0 Å². The summed E-state index contributed by atoms with van der Waals surface area (Å²) in [6.07, 6.45) is 3.40. The Morgan fingerprint density at radius 3 is 2.93 bits per heavy atom. The van der Waals surface area contributed by atoms with Crippen molar-refractivity contribution in [1.82, 2.24) is 15.0 Å². The summed E-state index contributed by atoms with van der Waals surface area (Å²) in [7, 11) is 0. The molecule has 2 heterocycles. The number of aromatic nitrogens is 3. The Balaban J connectivity index is 2.09. The molecule has 2 rings (SSSR count). The number of nitrogen functional groups attached to an aromatic ring is 1. The van der Waals surface area contributed by atoms with E-state index in [1.807, 2.05) is 12.3 Å². The van der Waals surface area contributed by atoms with Gasteiger partial charge in [-0.3, -0.25) is 0 Å². The van der Waals surface area contributed by atoms with E-state index < -0.39 is 0 Å². The minimum absolute atomic E-state index is 0.0896. The van der Waals surface area contributed by atoms with Gasteiger partial charge in [0.05, 0.1) is 6.04 Å². The largest absolute Gasteiger partial charge is 0.384 e. The molecule has 6 heteroatoms. The molecule has 0 bridgehead atoms. The smallest absolute Gasteiger partial charge is 0.225 e. The average Bonchev–Trinajstić information content (AvgIpc) is 2.70. The lowest BCUT2D eigenvalue weighted by molar-refractivity contribution is 0.849. The Labute approximate surface area is 91.4 Å². The van der Waals surface area contributed by atoms with Crippen molar-refractivity contribution in [2.45, 2.75) is 13.0 Å². The van der Waals surface area contributed by atoms with Crippen LogP contribution in [0.5, 0.6) is 0 Å². The molecule has 78 valence electrons. The second-order valence-corrected chi connectivity index (χ2v) is 3.97. The predicted molar refractivity (Wildman–Crippen MR) is 60.6 cm³/mol.